The minimum absolute atomic E-state index is 0.789. The van der Waals surface area contributed by atoms with Gasteiger partial charge in [-0.25, -0.2) is 0 Å². The van der Waals surface area contributed by atoms with Gasteiger partial charge in [0.1, 0.15) is 22.3 Å². The van der Waals surface area contributed by atoms with Crippen LogP contribution in [-0.2, 0) is 0 Å². The zero-order valence-corrected chi connectivity index (χ0v) is 40.9. The molecule has 14 rings (SSSR count). The summed E-state index contributed by atoms with van der Waals surface area (Å²) < 4.78 is 21.3. The number of hydrogen-bond donors (Lipinski definition) is 0. The first kappa shape index (κ1) is 42.5. The molecule has 0 amide bonds. The zero-order valence-electron chi connectivity index (χ0n) is 40.9. The second kappa shape index (κ2) is 16.6. The molecule has 348 valence electrons. The van der Waals surface area contributed by atoms with E-state index in [2.05, 4.69) is 250 Å². The van der Waals surface area contributed by atoms with E-state index in [1.165, 1.54) is 22.3 Å². The van der Waals surface area contributed by atoms with Crippen molar-refractivity contribution in [2.24, 2.45) is 0 Å². The molecule has 0 saturated heterocycles. The molecule has 0 unspecified atom stereocenters. The molecule has 5 heteroatoms. The number of para-hydroxylation sites is 4. The summed E-state index contributed by atoms with van der Waals surface area (Å²) in [6, 6.07) is 77.8. The Morgan fingerprint density at radius 1 is 0.274 bits per heavy atom. The minimum Gasteiger partial charge on any atom is -0.456 e. The van der Waals surface area contributed by atoms with Crippen LogP contribution in [0.4, 0.5) is 34.1 Å². The van der Waals surface area contributed by atoms with Crippen molar-refractivity contribution in [2.45, 2.75) is 27.7 Å². The zero-order chi connectivity index (χ0) is 48.9. The lowest BCUT2D eigenvalue weighted by Gasteiger charge is -2.27. The fraction of sp³-hybridized carbons (Fsp3) is 0.0588. The summed E-state index contributed by atoms with van der Waals surface area (Å²) in [5, 5.41) is 8.59. The molecule has 0 fully saturated rings. The van der Waals surface area contributed by atoms with Gasteiger partial charge in [-0.15, -0.1) is 0 Å². The van der Waals surface area contributed by atoms with Crippen molar-refractivity contribution in [3.63, 3.8) is 0 Å². The first-order valence-corrected chi connectivity index (χ1v) is 25.0. The maximum absolute atomic E-state index is 7.17. The van der Waals surface area contributed by atoms with E-state index >= 15 is 0 Å². The van der Waals surface area contributed by atoms with E-state index in [1.807, 2.05) is 6.07 Å². The minimum atomic E-state index is 0.789. The summed E-state index contributed by atoms with van der Waals surface area (Å²) in [5.74, 6) is 0. The lowest BCUT2D eigenvalue weighted by molar-refractivity contribution is 0.667. The molecule has 3 heterocycles. The van der Waals surface area contributed by atoms with Crippen molar-refractivity contribution in [1.82, 2.24) is 0 Å². The number of fused-ring (bicyclic) bond motifs is 11. The van der Waals surface area contributed by atoms with Crippen molar-refractivity contribution in [1.29, 1.82) is 0 Å². The number of nitrogens with zero attached hydrogens (tertiary/aromatic N) is 2. The number of hydrogen-bond acceptors (Lipinski definition) is 5. The summed E-state index contributed by atoms with van der Waals surface area (Å²) in [5.41, 5.74) is 20.1. The van der Waals surface area contributed by atoms with Gasteiger partial charge < -0.3 is 23.1 Å². The highest BCUT2D eigenvalue weighted by atomic mass is 16.3. The monoisotopic (exact) mass is 940 g/mol. The predicted molar refractivity (Wildman–Crippen MR) is 305 cm³/mol. The molecule has 0 saturated carbocycles. The molecule has 5 nitrogen and oxygen atoms in total. The summed E-state index contributed by atoms with van der Waals surface area (Å²) in [6.45, 7) is 8.68. The van der Waals surface area contributed by atoms with Gasteiger partial charge in [-0.2, -0.15) is 0 Å². The molecule has 0 atom stereocenters. The lowest BCUT2D eigenvalue weighted by Crippen LogP contribution is -2.11. The summed E-state index contributed by atoms with van der Waals surface area (Å²) in [7, 11) is 0. The Morgan fingerprint density at radius 3 is 1.29 bits per heavy atom. The Morgan fingerprint density at radius 2 is 0.726 bits per heavy atom. The Bertz CT molecular complexity index is 4500. The molecule has 0 aliphatic carbocycles. The van der Waals surface area contributed by atoms with E-state index in [0.29, 0.717) is 0 Å². The lowest BCUT2D eigenvalue weighted by atomic mass is 9.99. The van der Waals surface area contributed by atoms with Crippen LogP contribution in [0.3, 0.4) is 0 Å². The van der Waals surface area contributed by atoms with Gasteiger partial charge in [0.15, 0.2) is 11.2 Å². The molecule has 14 aromatic rings. The van der Waals surface area contributed by atoms with E-state index in [0.717, 1.165) is 133 Å². The Labute approximate surface area is 422 Å². The molecule has 0 bridgehead atoms. The van der Waals surface area contributed by atoms with Gasteiger partial charge in [0.25, 0.3) is 0 Å². The van der Waals surface area contributed by atoms with Crippen LogP contribution in [0.2, 0.25) is 0 Å². The van der Waals surface area contributed by atoms with Gasteiger partial charge in [0, 0.05) is 72.3 Å². The van der Waals surface area contributed by atoms with Crippen molar-refractivity contribution < 1.29 is 13.3 Å². The number of furan rings is 3. The van der Waals surface area contributed by atoms with E-state index in [4.69, 9.17) is 13.3 Å². The highest BCUT2D eigenvalue weighted by molar-refractivity contribution is 6.24. The molecule has 11 aromatic carbocycles. The van der Waals surface area contributed by atoms with E-state index in [9.17, 15) is 0 Å². The van der Waals surface area contributed by atoms with Gasteiger partial charge in [-0.1, -0.05) is 158 Å². The average molecular weight is 941 g/mol. The van der Waals surface area contributed by atoms with Crippen molar-refractivity contribution in [2.75, 3.05) is 9.80 Å². The number of rotatable bonds is 8. The summed E-state index contributed by atoms with van der Waals surface area (Å²) in [6.07, 6.45) is 0. The quantitative estimate of drug-likeness (QED) is 0.152. The highest BCUT2D eigenvalue weighted by Gasteiger charge is 2.26. The van der Waals surface area contributed by atoms with Crippen LogP contribution in [0, 0.1) is 27.7 Å². The van der Waals surface area contributed by atoms with E-state index in [-0.39, 0.29) is 0 Å². The van der Waals surface area contributed by atoms with Crippen LogP contribution in [0.25, 0.3) is 98.8 Å². The van der Waals surface area contributed by atoms with Crippen LogP contribution >= 0.6 is 0 Å². The molecular weight excluding hydrogens is 893 g/mol. The maximum atomic E-state index is 7.17. The van der Waals surface area contributed by atoms with Gasteiger partial charge in [0.2, 0.25) is 0 Å². The van der Waals surface area contributed by atoms with E-state index < -0.39 is 0 Å². The molecule has 0 aliphatic heterocycles. The Balaban J connectivity index is 0.983. The first-order valence-electron chi connectivity index (χ1n) is 25.0. The van der Waals surface area contributed by atoms with Crippen LogP contribution in [0.1, 0.15) is 22.3 Å². The van der Waals surface area contributed by atoms with Crippen LogP contribution < -0.4 is 9.80 Å². The second-order valence-corrected chi connectivity index (χ2v) is 19.4. The van der Waals surface area contributed by atoms with Gasteiger partial charge >= 0.3 is 0 Å². The fourth-order valence-electron chi connectivity index (χ4n) is 11.2. The SMILES string of the molecule is Cc1ccc(N(c2ccc3c(c2)oc2cc(N(c4ccc(C)c(C)c4)c4cccc5c4oc4c(-c6ccccc6)cccc45)c4ccccc4c23)c2cccc3c2oc2c(-c4ccccc4)cccc23)cc1C. The van der Waals surface area contributed by atoms with Crippen LogP contribution in [0.5, 0.6) is 0 Å². The summed E-state index contributed by atoms with van der Waals surface area (Å²) in [4.78, 5) is 4.67. The van der Waals surface area contributed by atoms with Crippen molar-refractivity contribution in [3.05, 3.63) is 241 Å². The maximum Gasteiger partial charge on any atom is 0.159 e. The Kier molecular flexibility index (Phi) is 9.70. The van der Waals surface area contributed by atoms with Gasteiger partial charge in [-0.05, 0) is 115 Å². The smallest absolute Gasteiger partial charge is 0.159 e. The first-order chi connectivity index (χ1) is 35.9. The third-order valence-corrected chi connectivity index (χ3v) is 15.1. The van der Waals surface area contributed by atoms with Crippen molar-refractivity contribution in [3.8, 4) is 22.3 Å². The molecule has 0 radical (unpaired) electrons. The van der Waals surface area contributed by atoms with Gasteiger partial charge in [-0.3, -0.25) is 0 Å². The predicted octanol–water partition coefficient (Wildman–Crippen LogP) is 20.0. The summed E-state index contributed by atoms with van der Waals surface area (Å²) >= 11 is 0. The van der Waals surface area contributed by atoms with Crippen LogP contribution in [0.15, 0.2) is 232 Å². The largest absolute Gasteiger partial charge is 0.456 e. The number of benzene rings is 11. The van der Waals surface area contributed by atoms with Crippen LogP contribution in [-0.4, -0.2) is 0 Å². The number of anilines is 6. The molecule has 0 aliphatic rings. The fourth-order valence-corrected chi connectivity index (χ4v) is 11.2. The van der Waals surface area contributed by atoms with Crippen molar-refractivity contribution >= 4 is 111 Å². The second-order valence-electron chi connectivity index (χ2n) is 19.4. The normalized spacial score (nSPS) is 11.8. The third kappa shape index (κ3) is 6.77. The molecular formula is C68H48N2O3. The molecule has 0 N–H and O–H groups in total. The highest BCUT2D eigenvalue weighted by Crippen LogP contribution is 2.50. The average Bonchev–Trinajstić information content (AvgIpc) is 4.13. The van der Waals surface area contributed by atoms with Gasteiger partial charge in [0.05, 0.1) is 22.7 Å². The standard InChI is InChI=1S/C68H48N2O3/c1-41-31-33-47(37-43(41)3)69(59-29-15-27-56-54-25-13-23-50(65(54)72-67(56)59)45-17-7-5-8-18-45)49-35-36-58-62(39-49)71-63-40-61(52-21-11-12-22-53(52)64(58)63)70(48-34-32-42(2)44(4)38-48)60-30-16-28-57-55-26-14-24-51(66(55)73-68(57)60)46-19-9-6-10-20-46/h5-40H,1-4H3. The molecule has 3 aromatic heterocycles. The third-order valence-electron chi connectivity index (χ3n) is 15.1. The van der Waals surface area contributed by atoms with E-state index in [1.54, 1.807) is 0 Å². The molecule has 73 heavy (non-hydrogen) atoms. The topological polar surface area (TPSA) is 45.9 Å². The number of aryl methyl sites for hydroxylation is 4. The molecule has 0 spiro atoms. The Hall–Kier alpha value is -9.32.